The molecule has 2 heterocycles. The van der Waals surface area contributed by atoms with Crippen LogP contribution in [0.1, 0.15) is 17.5 Å². The molecule has 0 saturated carbocycles. The average molecular weight is 409 g/mol. The van der Waals surface area contributed by atoms with Crippen molar-refractivity contribution in [3.63, 3.8) is 0 Å². The quantitative estimate of drug-likeness (QED) is 0.445. The normalized spacial score (nSPS) is 11.1. The molecule has 0 bridgehead atoms. The highest BCUT2D eigenvalue weighted by molar-refractivity contribution is 5.96. The Bertz CT molecular complexity index is 1240. The van der Waals surface area contributed by atoms with Crippen molar-refractivity contribution < 1.29 is 4.79 Å². The summed E-state index contributed by atoms with van der Waals surface area (Å²) >= 11 is 0. The molecule has 2 aromatic carbocycles. The zero-order valence-electron chi connectivity index (χ0n) is 17.1. The second-order valence-corrected chi connectivity index (χ2v) is 7.21. The fraction of sp³-hybridized carbons (Fsp3) is 0.160. The van der Waals surface area contributed by atoms with Gasteiger partial charge in [0.1, 0.15) is 0 Å². The lowest BCUT2D eigenvalue weighted by Gasteiger charge is -2.01. The third-order valence-corrected chi connectivity index (χ3v) is 5.07. The van der Waals surface area contributed by atoms with E-state index in [1.54, 1.807) is 6.08 Å². The number of carbonyl (C=O) groups is 1. The Kier molecular flexibility index (Phi) is 6.24. The van der Waals surface area contributed by atoms with Crippen LogP contribution in [0.15, 0.2) is 79.3 Å². The van der Waals surface area contributed by atoms with Gasteiger partial charge in [0.25, 0.3) is 0 Å². The number of aromatic nitrogens is 3. The molecule has 31 heavy (non-hydrogen) atoms. The molecule has 0 radical (unpaired) electrons. The molecule has 6 heteroatoms. The van der Waals surface area contributed by atoms with Crippen LogP contribution in [0.25, 0.3) is 22.7 Å². The zero-order valence-corrected chi connectivity index (χ0v) is 17.1. The predicted octanol–water partition coefficient (Wildman–Crippen LogP) is 4.11. The van der Waals surface area contributed by atoms with Crippen molar-refractivity contribution in [2.75, 3.05) is 6.54 Å². The number of amides is 1. The average Bonchev–Trinajstić information content (AvgIpc) is 3.42. The van der Waals surface area contributed by atoms with Crippen LogP contribution in [0, 0.1) is 11.3 Å². The standard InChI is InChI=1S/C25H23N5O/c26-14-6-16-29-19-21(23-9-4-5-10-24(23)29)11-12-25(31)27-15-13-20-17-28-30(18-20)22-7-2-1-3-8-22/h1-5,7-12,17-19H,6,13,15-16H2,(H,27,31). The molecule has 2 aromatic heterocycles. The number of nitrogens with one attached hydrogen (secondary N) is 1. The van der Waals surface area contributed by atoms with Crippen molar-refractivity contribution in [2.45, 2.75) is 19.4 Å². The summed E-state index contributed by atoms with van der Waals surface area (Å²) in [7, 11) is 0. The Morgan fingerprint density at radius 2 is 1.90 bits per heavy atom. The van der Waals surface area contributed by atoms with Gasteiger partial charge in [0.2, 0.25) is 5.91 Å². The van der Waals surface area contributed by atoms with E-state index in [4.69, 9.17) is 5.26 Å². The Labute approximate surface area is 181 Å². The molecule has 0 fully saturated rings. The summed E-state index contributed by atoms with van der Waals surface area (Å²) < 4.78 is 3.89. The molecule has 0 saturated heterocycles. The first-order chi connectivity index (χ1) is 15.2. The first kappa shape index (κ1) is 20.2. The number of hydrogen-bond donors (Lipinski definition) is 1. The van der Waals surface area contributed by atoms with Gasteiger partial charge in [0.05, 0.1) is 24.4 Å². The molecule has 4 aromatic rings. The van der Waals surface area contributed by atoms with Crippen LogP contribution in [0.5, 0.6) is 0 Å². The lowest BCUT2D eigenvalue weighted by atomic mass is 10.1. The summed E-state index contributed by atoms with van der Waals surface area (Å²) in [6.45, 7) is 1.17. The van der Waals surface area contributed by atoms with Crippen LogP contribution in [-0.2, 0) is 17.8 Å². The molecular formula is C25H23N5O. The van der Waals surface area contributed by atoms with E-state index in [-0.39, 0.29) is 5.91 Å². The highest BCUT2D eigenvalue weighted by atomic mass is 16.1. The zero-order chi connectivity index (χ0) is 21.5. The van der Waals surface area contributed by atoms with Crippen LogP contribution >= 0.6 is 0 Å². The van der Waals surface area contributed by atoms with Crippen molar-refractivity contribution in [3.8, 4) is 11.8 Å². The van der Waals surface area contributed by atoms with Gasteiger partial charge in [-0.1, -0.05) is 36.4 Å². The minimum absolute atomic E-state index is 0.135. The van der Waals surface area contributed by atoms with Gasteiger partial charge in [-0.25, -0.2) is 4.68 Å². The maximum atomic E-state index is 12.3. The van der Waals surface area contributed by atoms with Gasteiger partial charge in [-0.15, -0.1) is 0 Å². The molecule has 154 valence electrons. The van der Waals surface area contributed by atoms with E-state index in [0.29, 0.717) is 25.9 Å². The molecule has 6 nitrogen and oxygen atoms in total. The first-order valence-electron chi connectivity index (χ1n) is 10.2. The van der Waals surface area contributed by atoms with Crippen LogP contribution in [0.4, 0.5) is 0 Å². The number of nitriles is 1. The maximum absolute atomic E-state index is 12.3. The molecule has 4 rings (SSSR count). The summed E-state index contributed by atoms with van der Waals surface area (Å²) in [5.41, 5.74) is 4.10. The second-order valence-electron chi connectivity index (χ2n) is 7.21. The van der Waals surface area contributed by atoms with E-state index in [1.165, 1.54) is 0 Å². The van der Waals surface area contributed by atoms with Crippen molar-refractivity contribution in [2.24, 2.45) is 0 Å². The van der Waals surface area contributed by atoms with Gasteiger partial charge < -0.3 is 9.88 Å². The Balaban J connectivity index is 1.34. The van der Waals surface area contributed by atoms with E-state index in [2.05, 4.69) is 21.1 Å². The number of rotatable bonds is 8. The summed E-state index contributed by atoms with van der Waals surface area (Å²) in [5, 5.41) is 17.2. The number of hydrogen-bond acceptors (Lipinski definition) is 3. The first-order valence-corrected chi connectivity index (χ1v) is 10.2. The van der Waals surface area contributed by atoms with Crippen molar-refractivity contribution in [1.29, 1.82) is 5.26 Å². The smallest absolute Gasteiger partial charge is 0.244 e. The third-order valence-electron chi connectivity index (χ3n) is 5.07. The molecule has 1 amide bonds. The molecule has 0 aliphatic heterocycles. The maximum Gasteiger partial charge on any atom is 0.244 e. The Hall–Kier alpha value is -4.11. The van der Waals surface area contributed by atoms with Crippen molar-refractivity contribution in [3.05, 3.63) is 90.4 Å². The van der Waals surface area contributed by atoms with Gasteiger partial charge in [-0.05, 0) is 36.3 Å². The lowest BCUT2D eigenvalue weighted by Crippen LogP contribution is -2.23. The van der Waals surface area contributed by atoms with Crippen molar-refractivity contribution >= 4 is 22.9 Å². The van der Waals surface area contributed by atoms with Gasteiger partial charge in [0, 0.05) is 48.0 Å². The number of nitrogens with zero attached hydrogens (tertiary/aromatic N) is 4. The van der Waals surface area contributed by atoms with Crippen LogP contribution in [0.3, 0.4) is 0 Å². The van der Waals surface area contributed by atoms with Crippen LogP contribution in [0.2, 0.25) is 0 Å². The summed E-state index contributed by atoms with van der Waals surface area (Å²) in [4.78, 5) is 12.3. The van der Waals surface area contributed by atoms with Crippen LogP contribution in [-0.4, -0.2) is 26.8 Å². The fourth-order valence-electron chi connectivity index (χ4n) is 3.53. The minimum atomic E-state index is -0.135. The predicted molar refractivity (Wildman–Crippen MR) is 121 cm³/mol. The van der Waals surface area contributed by atoms with Gasteiger partial charge >= 0.3 is 0 Å². The molecule has 0 spiro atoms. The van der Waals surface area contributed by atoms with E-state index < -0.39 is 0 Å². The monoisotopic (exact) mass is 409 g/mol. The SMILES string of the molecule is N#CCCn1cc(C=CC(=O)NCCc2cnn(-c3ccccc3)c2)c2ccccc21. The van der Waals surface area contributed by atoms with Crippen LogP contribution < -0.4 is 5.32 Å². The molecule has 1 N–H and O–H groups in total. The highest BCUT2D eigenvalue weighted by Gasteiger charge is 2.06. The minimum Gasteiger partial charge on any atom is -0.352 e. The largest absolute Gasteiger partial charge is 0.352 e. The van der Waals surface area contributed by atoms with E-state index in [1.807, 2.05) is 83.9 Å². The summed E-state index contributed by atoms with van der Waals surface area (Å²) in [6.07, 6.45) is 10.3. The summed E-state index contributed by atoms with van der Waals surface area (Å²) in [6, 6.07) is 20.1. The topological polar surface area (TPSA) is 75.6 Å². The molecular weight excluding hydrogens is 386 g/mol. The van der Waals surface area contributed by atoms with Gasteiger partial charge in [-0.2, -0.15) is 10.4 Å². The van der Waals surface area contributed by atoms with E-state index in [9.17, 15) is 4.79 Å². The Morgan fingerprint density at radius 3 is 2.74 bits per heavy atom. The summed E-state index contributed by atoms with van der Waals surface area (Å²) in [5.74, 6) is -0.135. The lowest BCUT2D eigenvalue weighted by molar-refractivity contribution is -0.116. The second kappa shape index (κ2) is 9.59. The molecule has 0 aliphatic carbocycles. The number of carbonyl (C=O) groups excluding carboxylic acids is 1. The van der Waals surface area contributed by atoms with E-state index in [0.717, 1.165) is 27.7 Å². The third kappa shape index (κ3) is 4.90. The number of benzene rings is 2. The number of para-hydroxylation sites is 2. The fourth-order valence-corrected chi connectivity index (χ4v) is 3.53. The van der Waals surface area contributed by atoms with Gasteiger partial charge in [-0.3, -0.25) is 4.79 Å². The molecule has 0 atom stereocenters. The highest BCUT2D eigenvalue weighted by Crippen LogP contribution is 2.22. The Morgan fingerprint density at radius 1 is 1.10 bits per heavy atom. The number of aryl methyl sites for hydroxylation is 1. The van der Waals surface area contributed by atoms with Gasteiger partial charge in [0.15, 0.2) is 0 Å². The number of fused-ring (bicyclic) bond motifs is 1. The molecule has 0 aliphatic rings. The van der Waals surface area contributed by atoms with Crippen molar-refractivity contribution in [1.82, 2.24) is 19.7 Å². The van der Waals surface area contributed by atoms with E-state index >= 15 is 0 Å². The molecule has 0 unspecified atom stereocenters.